The molecule has 0 unspecified atom stereocenters. The summed E-state index contributed by atoms with van der Waals surface area (Å²) in [4.78, 5) is 0. The second-order valence-corrected chi connectivity index (χ2v) is 28.8. The van der Waals surface area contributed by atoms with Crippen molar-refractivity contribution in [2.24, 2.45) is 0 Å². The average Bonchev–Trinajstić information content (AvgIpc) is 2.51. The van der Waals surface area contributed by atoms with Crippen molar-refractivity contribution in [3.8, 4) is 0 Å². The van der Waals surface area contributed by atoms with Gasteiger partial charge in [-0.2, -0.15) is 0 Å². The molecule has 0 saturated carbocycles. The minimum atomic E-state index is -2.39. The summed E-state index contributed by atoms with van der Waals surface area (Å²) in [7, 11) is -6.91. The van der Waals surface area contributed by atoms with Gasteiger partial charge in [0, 0.05) is 17.6 Å². The van der Waals surface area contributed by atoms with E-state index in [1.807, 2.05) is 0 Å². The monoisotopic (exact) mass is 442 g/mol. The van der Waals surface area contributed by atoms with E-state index in [0.717, 1.165) is 0 Å². The fraction of sp³-hybridized carbons (Fsp3) is 0.684. The Bertz CT molecular complexity index is 506. The van der Waals surface area contributed by atoms with E-state index >= 15 is 0 Å². The normalized spacial score (nSPS) is 13.7. The van der Waals surface area contributed by atoms with Gasteiger partial charge in [0.25, 0.3) is 0 Å². The van der Waals surface area contributed by atoms with Crippen LogP contribution in [0.2, 0.25) is 83.1 Å². The number of rotatable bonds is 11. The fourth-order valence-corrected chi connectivity index (χ4v) is 25.0. The zero-order valence-electron chi connectivity index (χ0n) is 18.7. The zero-order valence-corrected chi connectivity index (χ0v) is 24.0. The topological polar surface area (TPSA) is 18.5 Å². The highest BCUT2D eigenvalue weighted by atomic mass is 28.5. The maximum atomic E-state index is 7.03. The maximum Gasteiger partial charge on any atom is 0.348 e. The fourth-order valence-electron chi connectivity index (χ4n) is 3.31. The Morgan fingerprint density at radius 1 is 0.692 bits per heavy atom. The molecular formula is C19H42O2Si5. The van der Waals surface area contributed by atoms with Crippen LogP contribution in [0.3, 0.4) is 0 Å². The summed E-state index contributed by atoms with van der Waals surface area (Å²) in [6.07, 6.45) is 0. The molecule has 0 amide bonds. The van der Waals surface area contributed by atoms with Crippen molar-refractivity contribution in [3.63, 3.8) is 0 Å². The smallest absolute Gasteiger partial charge is 0.348 e. The molecule has 0 aliphatic heterocycles. The summed E-state index contributed by atoms with van der Waals surface area (Å²) < 4.78 is 14.1. The van der Waals surface area contributed by atoms with E-state index in [2.05, 4.69) is 89.3 Å². The maximum absolute atomic E-state index is 7.03. The van der Waals surface area contributed by atoms with E-state index in [1.165, 1.54) is 29.4 Å². The van der Waals surface area contributed by atoms with Crippen LogP contribution in [0.25, 0.3) is 0 Å². The van der Waals surface area contributed by atoms with Crippen molar-refractivity contribution in [3.05, 3.63) is 30.3 Å². The van der Waals surface area contributed by atoms with Crippen molar-refractivity contribution < 1.29 is 8.23 Å². The Kier molecular flexibility index (Phi) is 9.45. The van der Waals surface area contributed by atoms with Crippen LogP contribution in [-0.2, 0) is 8.23 Å². The molecule has 26 heavy (non-hydrogen) atoms. The van der Waals surface area contributed by atoms with Crippen LogP contribution in [0.15, 0.2) is 30.3 Å². The quantitative estimate of drug-likeness (QED) is 0.428. The van der Waals surface area contributed by atoms with Crippen LogP contribution >= 0.6 is 0 Å². The SMILES string of the molecule is C[SiH](C)CC[Si](C)(C)O[Si](C)(O[Si](C)(C)CC[SiH](C)C)c1ccccc1. The average molecular weight is 443 g/mol. The van der Waals surface area contributed by atoms with Crippen LogP contribution in [0.4, 0.5) is 0 Å². The Morgan fingerprint density at radius 3 is 1.42 bits per heavy atom. The summed E-state index contributed by atoms with van der Waals surface area (Å²) in [5.74, 6) is 0. The molecule has 0 aliphatic rings. The Balaban J connectivity index is 3.04. The van der Waals surface area contributed by atoms with Gasteiger partial charge in [0.15, 0.2) is 16.6 Å². The first-order valence-corrected chi connectivity index (χ1v) is 25.1. The molecule has 7 heteroatoms. The lowest BCUT2D eigenvalue weighted by Crippen LogP contribution is -2.61. The van der Waals surface area contributed by atoms with Crippen LogP contribution in [-0.4, -0.2) is 42.8 Å². The Hall–Kier alpha value is 0.224. The van der Waals surface area contributed by atoms with E-state index in [4.69, 9.17) is 8.23 Å². The van der Waals surface area contributed by atoms with Crippen LogP contribution in [0, 0.1) is 0 Å². The number of hydrogen-bond donors (Lipinski definition) is 0. The summed E-state index contributed by atoms with van der Waals surface area (Å²) in [6.45, 7) is 21.7. The lowest BCUT2D eigenvalue weighted by molar-refractivity contribution is 0.398. The molecule has 0 heterocycles. The van der Waals surface area contributed by atoms with Crippen LogP contribution in [0.5, 0.6) is 0 Å². The van der Waals surface area contributed by atoms with Gasteiger partial charge in [0.1, 0.15) is 0 Å². The van der Waals surface area contributed by atoms with Gasteiger partial charge in [-0.1, -0.05) is 68.6 Å². The molecule has 0 spiro atoms. The molecule has 0 saturated heterocycles. The van der Waals surface area contributed by atoms with E-state index in [-0.39, 0.29) is 0 Å². The van der Waals surface area contributed by atoms with Gasteiger partial charge in [-0.15, -0.1) is 0 Å². The zero-order chi connectivity index (χ0) is 20.0. The minimum absolute atomic E-state index is 0.535. The van der Waals surface area contributed by atoms with E-state index < -0.39 is 42.8 Å². The third kappa shape index (κ3) is 8.94. The minimum Gasteiger partial charge on any atom is -0.433 e. The Labute approximate surface area is 169 Å². The molecule has 1 aromatic rings. The summed E-state index contributed by atoms with van der Waals surface area (Å²) >= 11 is 0. The van der Waals surface area contributed by atoms with E-state index in [0.29, 0.717) is 0 Å². The predicted octanol–water partition coefficient (Wildman–Crippen LogP) is 5.38. The van der Waals surface area contributed by atoms with Crippen LogP contribution < -0.4 is 5.19 Å². The largest absolute Gasteiger partial charge is 0.433 e. The van der Waals surface area contributed by atoms with Gasteiger partial charge in [-0.25, -0.2) is 0 Å². The summed E-state index contributed by atoms with van der Waals surface area (Å²) in [5, 5.41) is 1.31. The summed E-state index contributed by atoms with van der Waals surface area (Å²) in [5.41, 5.74) is 0. The number of hydrogen-bond acceptors (Lipinski definition) is 2. The van der Waals surface area contributed by atoms with E-state index in [9.17, 15) is 0 Å². The van der Waals surface area contributed by atoms with Gasteiger partial charge in [0.2, 0.25) is 0 Å². The van der Waals surface area contributed by atoms with Crippen LogP contribution in [0.1, 0.15) is 0 Å². The highest BCUT2D eigenvalue weighted by Gasteiger charge is 2.44. The molecule has 1 rings (SSSR count). The lowest BCUT2D eigenvalue weighted by Gasteiger charge is -2.41. The van der Waals surface area contributed by atoms with Crippen molar-refractivity contribution in [1.29, 1.82) is 0 Å². The molecule has 2 nitrogen and oxygen atoms in total. The first-order chi connectivity index (χ1) is 11.9. The Morgan fingerprint density at radius 2 is 1.08 bits per heavy atom. The highest BCUT2D eigenvalue weighted by Crippen LogP contribution is 2.27. The van der Waals surface area contributed by atoms with Gasteiger partial charge in [0.05, 0.1) is 0 Å². The van der Waals surface area contributed by atoms with Crippen molar-refractivity contribution in [2.75, 3.05) is 0 Å². The molecular weight excluding hydrogens is 401 g/mol. The van der Waals surface area contributed by atoms with Crippen molar-refractivity contribution in [2.45, 2.75) is 83.1 Å². The predicted molar refractivity (Wildman–Crippen MR) is 132 cm³/mol. The second-order valence-electron chi connectivity index (χ2n) is 9.90. The summed E-state index contributed by atoms with van der Waals surface area (Å²) in [6, 6.07) is 16.2. The standard InChI is InChI=1S/C19H42O2Si5/c1-22(2)15-17-24(5,6)20-26(9,19-13-11-10-12-14-19)21-25(7,8)18-16-23(3)4/h10-14,22-23H,15-18H2,1-9H3. The van der Waals surface area contributed by atoms with Gasteiger partial charge >= 0.3 is 8.56 Å². The van der Waals surface area contributed by atoms with Gasteiger partial charge < -0.3 is 8.23 Å². The van der Waals surface area contributed by atoms with Gasteiger partial charge in [-0.05, 0) is 50.0 Å². The first kappa shape index (κ1) is 24.3. The molecule has 150 valence electrons. The second kappa shape index (κ2) is 10.1. The van der Waals surface area contributed by atoms with Crippen molar-refractivity contribution in [1.82, 2.24) is 0 Å². The van der Waals surface area contributed by atoms with Gasteiger partial charge in [-0.3, -0.25) is 0 Å². The molecule has 0 atom stereocenters. The molecule has 0 aliphatic carbocycles. The van der Waals surface area contributed by atoms with E-state index in [1.54, 1.807) is 0 Å². The molecule has 0 N–H and O–H groups in total. The molecule has 0 bridgehead atoms. The molecule has 0 fully saturated rings. The van der Waals surface area contributed by atoms with Crippen molar-refractivity contribution >= 4 is 48.0 Å². The molecule has 0 aromatic heterocycles. The third-order valence-electron chi connectivity index (χ3n) is 4.89. The highest BCUT2D eigenvalue weighted by molar-refractivity contribution is 6.94. The molecule has 1 aromatic carbocycles. The third-order valence-corrected chi connectivity index (χ3v) is 20.8. The lowest BCUT2D eigenvalue weighted by atomic mass is 10.4. The number of benzene rings is 1. The molecule has 0 radical (unpaired) electrons. The first-order valence-electron chi connectivity index (χ1n) is 10.3.